The second kappa shape index (κ2) is 8.00. The van der Waals surface area contributed by atoms with Crippen molar-refractivity contribution in [1.82, 2.24) is 4.98 Å². The second-order valence-electron chi connectivity index (χ2n) is 5.34. The second-order valence-corrected chi connectivity index (χ2v) is 7.91. The Labute approximate surface area is 174 Å². The van der Waals surface area contributed by atoms with Gasteiger partial charge >= 0.3 is 0 Å². The van der Waals surface area contributed by atoms with Crippen molar-refractivity contribution in [1.29, 1.82) is 5.26 Å². The van der Waals surface area contributed by atoms with Crippen molar-refractivity contribution in [2.75, 3.05) is 0 Å². The molecule has 1 heterocycles. The number of aromatic hydroxyl groups is 1. The Morgan fingerprint density at radius 1 is 1.26 bits per heavy atom. The maximum Gasteiger partial charge on any atom is 0.269 e. The molecule has 2 aromatic carbocycles. The molecule has 0 aliphatic rings. The summed E-state index contributed by atoms with van der Waals surface area (Å²) in [6.45, 7) is 0. The zero-order chi connectivity index (χ0) is 19.6. The van der Waals surface area contributed by atoms with Crippen LogP contribution < -0.4 is 0 Å². The van der Waals surface area contributed by atoms with E-state index in [0.717, 1.165) is 11.1 Å². The molecule has 134 valence electrons. The monoisotopic (exact) mass is 505 g/mol. The number of aromatic nitrogens is 1. The Kier molecular flexibility index (Phi) is 5.70. The number of nitriles is 1. The molecule has 3 aromatic rings. The normalized spacial score (nSPS) is 11.2. The average Bonchev–Trinajstić information content (AvgIpc) is 3.14. The average molecular weight is 507 g/mol. The van der Waals surface area contributed by atoms with Gasteiger partial charge in [-0.15, -0.1) is 11.3 Å². The van der Waals surface area contributed by atoms with Gasteiger partial charge < -0.3 is 5.11 Å². The molecular weight excluding hydrogens is 498 g/mol. The van der Waals surface area contributed by atoms with E-state index in [0.29, 0.717) is 25.2 Å². The first-order valence-electron chi connectivity index (χ1n) is 7.39. The fourth-order valence-electron chi connectivity index (χ4n) is 2.26. The summed E-state index contributed by atoms with van der Waals surface area (Å²) in [5.41, 5.74) is 2.47. The predicted octanol–water partition coefficient (Wildman–Crippen LogP) is 6.01. The van der Waals surface area contributed by atoms with Crippen LogP contribution in [0.3, 0.4) is 0 Å². The first kappa shape index (κ1) is 19.2. The van der Waals surface area contributed by atoms with Crippen LogP contribution in [0.2, 0.25) is 0 Å². The number of phenolic OH excluding ortho intramolecular Hbond substituents is 1. The van der Waals surface area contributed by atoms with E-state index in [-0.39, 0.29) is 11.4 Å². The maximum atomic E-state index is 10.7. The van der Waals surface area contributed by atoms with Crippen molar-refractivity contribution >= 4 is 60.5 Å². The molecule has 0 aliphatic carbocycles. The number of non-ortho nitro benzene ring substituents is 1. The smallest absolute Gasteiger partial charge is 0.269 e. The van der Waals surface area contributed by atoms with Gasteiger partial charge in [-0.1, -0.05) is 0 Å². The van der Waals surface area contributed by atoms with Gasteiger partial charge in [0, 0.05) is 23.1 Å². The first-order chi connectivity index (χ1) is 12.9. The van der Waals surface area contributed by atoms with E-state index >= 15 is 0 Å². The summed E-state index contributed by atoms with van der Waals surface area (Å²) in [4.78, 5) is 14.8. The maximum absolute atomic E-state index is 10.7. The van der Waals surface area contributed by atoms with Gasteiger partial charge in [-0.2, -0.15) is 5.26 Å². The van der Waals surface area contributed by atoms with Crippen molar-refractivity contribution < 1.29 is 10.0 Å². The Morgan fingerprint density at radius 3 is 2.44 bits per heavy atom. The third kappa shape index (κ3) is 4.24. The van der Waals surface area contributed by atoms with E-state index in [1.54, 1.807) is 35.7 Å². The number of hydrogen-bond acceptors (Lipinski definition) is 6. The Hall–Kier alpha value is -2.54. The van der Waals surface area contributed by atoms with Gasteiger partial charge in [0.05, 0.1) is 25.1 Å². The van der Waals surface area contributed by atoms with E-state index in [9.17, 15) is 20.5 Å². The molecule has 0 amide bonds. The third-order valence-electron chi connectivity index (χ3n) is 3.58. The summed E-state index contributed by atoms with van der Waals surface area (Å²) in [5, 5.41) is 32.4. The number of nitrogens with zero attached hydrogens (tertiary/aromatic N) is 3. The van der Waals surface area contributed by atoms with E-state index in [1.165, 1.54) is 23.5 Å². The molecule has 0 spiro atoms. The molecule has 3 rings (SSSR count). The number of allylic oxidation sites excluding steroid dienone is 1. The Balaban J connectivity index is 1.94. The molecule has 9 heteroatoms. The number of nitro groups is 1. The minimum absolute atomic E-state index is 0.00953. The van der Waals surface area contributed by atoms with E-state index in [4.69, 9.17) is 0 Å². The van der Waals surface area contributed by atoms with Crippen molar-refractivity contribution in [3.05, 3.63) is 71.4 Å². The van der Waals surface area contributed by atoms with Crippen LogP contribution in [0.1, 0.15) is 10.6 Å². The van der Waals surface area contributed by atoms with Crippen LogP contribution in [0.4, 0.5) is 5.69 Å². The summed E-state index contributed by atoms with van der Waals surface area (Å²) >= 11 is 7.83. The van der Waals surface area contributed by atoms with Crippen LogP contribution in [0.15, 0.2) is 50.7 Å². The minimum Gasteiger partial charge on any atom is -0.506 e. The number of benzene rings is 2. The molecule has 1 aromatic heterocycles. The number of rotatable bonds is 4. The van der Waals surface area contributed by atoms with Gasteiger partial charge in [0.1, 0.15) is 16.8 Å². The van der Waals surface area contributed by atoms with E-state index < -0.39 is 4.92 Å². The summed E-state index contributed by atoms with van der Waals surface area (Å²) in [7, 11) is 0. The molecule has 0 bridgehead atoms. The van der Waals surface area contributed by atoms with Crippen LogP contribution in [0.25, 0.3) is 22.9 Å². The molecule has 0 aliphatic heterocycles. The van der Waals surface area contributed by atoms with Crippen molar-refractivity contribution in [3.63, 3.8) is 0 Å². The number of halogens is 2. The zero-order valence-corrected chi connectivity index (χ0v) is 17.4. The van der Waals surface area contributed by atoms with Crippen LogP contribution in [0, 0.1) is 21.4 Å². The molecule has 0 saturated heterocycles. The highest BCUT2D eigenvalue weighted by Gasteiger charge is 2.12. The third-order valence-corrected chi connectivity index (χ3v) is 5.66. The van der Waals surface area contributed by atoms with Gasteiger partial charge in [-0.3, -0.25) is 10.1 Å². The quantitative estimate of drug-likeness (QED) is 0.265. The number of hydrogen-bond donors (Lipinski definition) is 1. The topological polar surface area (TPSA) is 100 Å². The molecule has 0 saturated carbocycles. The van der Waals surface area contributed by atoms with Gasteiger partial charge in [0.2, 0.25) is 0 Å². The van der Waals surface area contributed by atoms with E-state index in [2.05, 4.69) is 42.9 Å². The fraction of sp³-hybridized carbons (Fsp3) is 0. The summed E-state index contributed by atoms with van der Waals surface area (Å²) in [5.74, 6) is 0.0837. The van der Waals surface area contributed by atoms with Crippen molar-refractivity contribution in [2.24, 2.45) is 0 Å². The summed E-state index contributed by atoms with van der Waals surface area (Å²) < 4.78 is 1.01. The molecule has 6 nitrogen and oxygen atoms in total. The zero-order valence-electron chi connectivity index (χ0n) is 13.4. The number of phenols is 1. The summed E-state index contributed by atoms with van der Waals surface area (Å²) in [6, 6.07) is 11.6. The number of nitro benzene ring substituents is 1. The lowest BCUT2D eigenvalue weighted by Crippen LogP contribution is -1.87. The standard InChI is InChI=1S/C18H9Br2N3O3S/c19-14-6-10(7-15(20)17(14)24)5-12(8-21)18-22-16(9-27-18)11-1-3-13(4-2-11)23(25)26/h1-7,9,24H. The highest BCUT2D eigenvalue weighted by atomic mass is 79.9. The first-order valence-corrected chi connectivity index (χ1v) is 9.86. The highest BCUT2D eigenvalue weighted by Crippen LogP contribution is 2.35. The van der Waals surface area contributed by atoms with Crippen LogP contribution in [-0.2, 0) is 0 Å². The lowest BCUT2D eigenvalue weighted by Gasteiger charge is -2.03. The fourth-order valence-corrected chi connectivity index (χ4v) is 4.28. The van der Waals surface area contributed by atoms with Gasteiger partial charge in [0.25, 0.3) is 5.69 Å². The van der Waals surface area contributed by atoms with Gasteiger partial charge in [-0.05, 0) is 67.8 Å². The van der Waals surface area contributed by atoms with Crippen molar-refractivity contribution in [2.45, 2.75) is 0 Å². The van der Waals surface area contributed by atoms with Gasteiger partial charge in [-0.25, -0.2) is 4.98 Å². The predicted molar refractivity (Wildman–Crippen MR) is 111 cm³/mol. The Bertz CT molecular complexity index is 1080. The molecule has 0 radical (unpaired) electrons. The lowest BCUT2D eigenvalue weighted by atomic mass is 10.1. The molecule has 1 N–H and O–H groups in total. The molecule has 0 fully saturated rings. The molecule has 0 unspecified atom stereocenters. The van der Waals surface area contributed by atoms with Crippen molar-refractivity contribution in [3.8, 4) is 23.1 Å². The minimum atomic E-state index is -0.458. The van der Waals surface area contributed by atoms with Crippen LogP contribution >= 0.6 is 43.2 Å². The molecule has 0 atom stereocenters. The highest BCUT2D eigenvalue weighted by molar-refractivity contribution is 9.11. The molecule has 27 heavy (non-hydrogen) atoms. The molecular formula is C18H9Br2N3O3S. The summed E-state index contributed by atoms with van der Waals surface area (Å²) in [6.07, 6.45) is 1.67. The number of thiazole rings is 1. The van der Waals surface area contributed by atoms with E-state index in [1.807, 2.05) is 0 Å². The largest absolute Gasteiger partial charge is 0.506 e. The van der Waals surface area contributed by atoms with Crippen LogP contribution in [-0.4, -0.2) is 15.0 Å². The SMILES string of the molecule is N#CC(=Cc1cc(Br)c(O)c(Br)c1)c1nc(-c2ccc([N+](=O)[O-])cc2)cs1. The van der Waals surface area contributed by atoms with Crippen LogP contribution in [0.5, 0.6) is 5.75 Å². The van der Waals surface area contributed by atoms with Gasteiger partial charge in [0.15, 0.2) is 0 Å². The Morgan fingerprint density at radius 2 is 1.89 bits per heavy atom. The lowest BCUT2D eigenvalue weighted by molar-refractivity contribution is -0.384.